The summed E-state index contributed by atoms with van der Waals surface area (Å²) in [5.41, 5.74) is 4.72. The van der Waals surface area contributed by atoms with Crippen molar-refractivity contribution in [1.82, 2.24) is 14.8 Å². The van der Waals surface area contributed by atoms with Crippen LogP contribution in [-0.2, 0) is 9.59 Å². The van der Waals surface area contributed by atoms with Gasteiger partial charge in [-0.2, -0.15) is 0 Å². The molecule has 1 atom stereocenters. The SMILES string of the molecule is Cc1cccc(/C=C/C(=O)N2CCC(CC(C(=O)O)N3CCC(c4c[nH]c5ccccc45)CC3)CC2)c1. The van der Waals surface area contributed by atoms with Crippen molar-refractivity contribution >= 4 is 28.9 Å². The maximum atomic E-state index is 12.7. The number of benzene rings is 2. The monoisotopic (exact) mass is 499 g/mol. The second-order valence-corrected chi connectivity index (χ2v) is 10.7. The van der Waals surface area contributed by atoms with Crippen LogP contribution in [0.5, 0.6) is 0 Å². The summed E-state index contributed by atoms with van der Waals surface area (Å²) >= 11 is 0. The summed E-state index contributed by atoms with van der Waals surface area (Å²) in [6.07, 6.45) is 10.0. The summed E-state index contributed by atoms with van der Waals surface area (Å²) < 4.78 is 0. The lowest BCUT2D eigenvalue weighted by Crippen LogP contribution is -2.47. The second-order valence-electron chi connectivity index (χ2n) is 10.7. The smallest absolute Gasteiger partial charge is 0.320 e. The molecule has 0 radical (unpaired) electrons. The summed E-state index contributed by atoms with van der Waals surface area (Å²) in [7, 11) is 0. The van der Waals surface area contributed by atoms with Gasteiger partial charge in [0.05, 0.1) is 0 Å². The van der Waals surface area contributed by atoms with Crippen LogP contribution in [-0.4, -0.2) is 64.0 Å². The summed E-state index contributed by atoms with van der Waals surface area (Å²) in [4.78, 5) is 32.4. The van der Waals surface area contributed by atoms with E-state index in [9.17, 15) is 14.7 Å². The van der Waals surface area contributed by atoms with Crippen LogP contribution >= 0.6 is 0 Å². The fourth-order valence-corrected chi connectivity index (χ4v) is 6.11. The number of nitrogens with one attached hydrogen (secondary N) is 1. The summed E-state index contributed by atoms with van der Waals surface area (Å²) in [6.45, 7) is 5.04. The van der Waals surface area contributed by atoms with Crippen LogP contribution in [0.1, 0.15) is 54.7 Å². The van der Waals surface area contributed by atoms with Crippen molar-refractivity contribution in [2.75, 3.05) is 26.2 Å². The molecule has 1 amide bonds. The van der Waals surface area contributed by atoms with Crippen LogP contribution in [0, 0.1) is 12.8 Å². The molecule has 0 spiro atoms. The maximum absolute atomic E-state index is 12.7. The van der Waals surface area contributed by atoms with Gasteiger partial charge in [0, 0.05) is 36.3 Å². The van der Waals surface area contributed by atoms with Crippen molar-refractivity contribution < 1.29 is 14.7 Å². The highest BCUT2D eigenvalue weighted by atomic mass is 16.4. The predicted molar refractivity (Wildman–Crippen MR) is 147 cm³/mol. The number of amides is 1. The van der Waals surface area contributed by atoms with Crippen molar-refractivity contribution in [3.63, 3.8) is 0 Å². The first-order valence-corrected chi connectivity index (χ1v) is 13.5. The number of nitrogens with zero attached hydrogens (tertiary/aromatic N) is 2. The Balaban J connectivity index is 1.12. The molecule has 194 valence electrons. The van der Waals surface area contributed by atoms with Crippen LogP contribution in [0.3, 0.4) is 0 Å². The van der Waals surface area contributed by atoms with Crippen molar-refractivity contribution in [3.05, 3.63) is 77.5 Å². The van der Waals surface area contributed by atoms with Gasteiger partial charge in [0.2, 0.25) is 5.91 Å². The van der Waals surface area contributed by atoms with Gasteiger partial charge in [-0.1, -0.05) is 48.0 Å². The van der Waals surface area contributed by atoms with E-state index in [1.54, 1.807) is 6.08 Å². The number of carbonyl (C=O) groups excluding carboxylic acids is 1. The first-order valence-electron chi connectivity index (χ1n) is 13.5. The molecule has 37 heavy (non-hydrogen) atoms. The topological polar surface area (TPSA) is 76.6 Å². The van der Waals surface area contributed by atoms with Crippen molar-refractivity contribution in [2.24, 2.45) is 5.92 Å². The Morgan fingerprint density at radius 2 is 1.78 bits per heavy atom. The molecule has 2 N–H and O–H groups in total. The summed E-state index contributed by atoms with van der Waals surface area (Å²) in [5.74, 6) is 0.112. The first-order chi connectivity index (χ1) is 18.0. The number of H-pyrrole nitrogens is 1. The third-order valence-electron chi connectivity index (χ3n) is 8.26. The van der Waals surface area contributed by atoms with Crippen LogP contribution in [0.15, 0.2) is 60.8 Å². The fourth-order valence-electron chi connectivity index (χ4n) is 6.11. The minimum absolute atomic E-state index is 0.0362. The van der Waals surface area contributed by atoms with Crippen LogP contribution in [0.4, 0.5) is 0 Å². The molecular formula is C31H37N3O3. The molecule has 2 saturated heterocycles. The van der Waals surface area contributed by atoms with E-state index in [2.05, 4.69) is 40.3 Å². The Morgan fingerprint density at radius 1 is 1.03 bits per heavy atom. The average molecular weight is 500 g/mol. The number of rotatable bonds is 7. The average Bonchev–Trinajstić information content (AvgIpc) is 3.35. The van der Waals surface area contributed by atoms with Crippen LogP contribution in [0.25, 0.3) is 17.0 Å². The largest absolute Gasteiger partial charge is 0.480 e. The molecule has 2 aliphatic rings. The molecule has 1 aromatic heterocycles. The predicted octanol–water partition coefficient (Wildman–Crippen LogP) is 5.45. The molecule has 3 heterocycles. The van der Waals surface area contributed by atoms with Crippen molar-refractivity contribution in [2.45, 2.75) is 51.0 Å². The minimum atomic E-state index is -0.717. The van der Waals surface area contributed by atoms with Gasteiger partial charge in [0.1, 0.15) is 6.04 Å². The van der Waals surface area contributed by atoms with Gasteiger partial charge in [0.15, 0.2) is 0 Å². The third kappa shape index (κ3) is 5.96. The molecule has 2 fully saturated rings. The maximum Gasteiger partial charge on any atom is 0.320 e. The lowest BCUT2D eigenvalue weighted by Gasteiger charge is -2.38. The highest BCUT2D eigenvalue weighted by Gasteiger charge is 2.34. The molecule has 3 aromatic rings. The Morgan fingerprint density at radius 3 is 2.51 bits per heavy atom. The number of aromatic amines is 1. The first kappa shape index (κ1) is 25.3. The molecule has 2 aliphatic heterocycles. The normalized spacial score (nSPS) is 19.0. The van der Waals surface area contributed by atoms with Gasteiger partial charge in [-0.05, 0) is 87.2 Å². The van der Waals surface area contributed by atoms with E-state index in [0.29, 0.717) is 31.3 Å². The highest BCUT2D eigenvalue weighted by Crippen LogP contribution is 2.34. The van der Waals surface area contributed by atoms with Crippen molar-refractivity contribution in [3.8, 4) is 0 Å². The van der Waals surface area contributed by atoms with E-state index in [4.69, 9.17) is 0 Å². The van der Waals surface area contributed by atoms with E-state index < -0.39 is 12.0 Å². The van der Waals surface area contributed by atoms with Gasteiger partial charge in [0.25, 0.3) is 0 Å². The highest BCUT2D eigenvalue weighted by molar-refractivity contribution is 5.91. The number of piperidine rings is 2. The number of likely N-dealkylation sites (tertiary alicyclic amines) is 2. The number of carboxylic acids is 1. The van der Waals surface area contributed by atoms with E-state index in [1.165, 1.54) is 22.0 Å². The van der Waals surface area contributed by atoms with Gasteiger partial charge in [-0.25, -0.2) is 0 Å². The Bertz CT molecular complexity index is 1260. The minimum Gasteiger partial charge on any atom is -0.480 e. The van der Waals surface area contributed by atoms with Gasteiger partial charge < -0.3 is 15.0 Å². The number of carboxylic acid groups (broad SMARTS) is 1. The summed E-state index contributed by atoms with van der Waals surface area (Å²) in [5, 5.41) is 11.3. The number of aryl methyl sites for hydroxylation is 1. The quantitative estimate of drug-likeness (QED) is 0.424. The zero-order valence-electron chi connectivity index (χ0n) is 21.6. The molecule has 0 aliphatic carbocycles. The Kier molecular flexibility index (Phi) is 7.75. The Labute approximate surface area is 219 Å². The van der Waals surface area contributed by atoms with Crippen LogP contribution < -0.4 is 0 Å². The fraction of sp³-hybridized carbons (Fsp3) is 0.419. The molecule has 6 heteroatoms. The second kappa shape index (κ2) is 11.3. The van der Waals surface area contributed by atoms with E-state index in [0.717, 1.165) is 44.3 Å². The third-order valence-corrected chi connectivity index (χ3v) is 8.26. The zero-order valence-corrected chi connectivity index (χ0v) is 21.6. The van der Waals surface area contributed by atoms with E-state index >= 15 is 0 Å². The molecule has 0 bridgehead atoms. The number of carbonyl (C=O) groups is 2. The van der Waals surface area contributed by atoms with Gasteiger partial charge in [-0.15, -0.1) is 0 Å². The van der Waals surface area contributed by atoms with Gasteiger partial charge >= 0.3 is 5.97 Å². The van der Waals surface area contributed by atoms with Gasteiger partial charge in [-0.3, -0.25) is 14.5 Å². The molecule has 5 rings (SSSR count). The standard InChI is InChI=1S/C31H37N3O3/c1-22-5-4-6-23(19-22)9-10-30(35)34-15-11-24(12-16-34)20-29(31(36)37)33-17-13-25(14-18-33)27-21-32-28-8-3-2-7-26(27)28/h2-10,19,21,24-25,29,32H,11-18,20H2,1H3,(H,36,37)/b10-9+. The lowest BCUT2D eigenvalue weighted by atomic mass is 9.86. The number of aromatic nitrogens is 1. The number of para-hydroxylation sites is 1. The van der Waals surface area contributed by atoms with Crippen LogP contribution in [0.2, 0.25) is 0 Å². The molecule has 0 saturated carbocycles. The number of hydrogen-bond acceptors (Lipinski definition) is 3. The van der Waals surface area contributed by atoms with E-state index in [-0.39, 0.29) is 5.91 Å². The number of fused-ring (bicyclic) bond motifs is 1. The molecule has 6 nitrogen and oxygen atoms in total. The van der Waals surface area contributed by atoms with E-state index in [1.807, 2.05) is 42.2 Å². The molecule has 1 unspecified atom stereocenters. The zero-order chi connectivity index (χ0) is 25.8. The van der Waals surface area contributed by atoms with Crippen molar-refractivity contribution in [1.29, 1.82) is 0 Å². The Hall–Kier alpha value is -3.38. The molecule has 2 aromatic carbocycles. The summed E-state index contributed by atoms with van der Waals surface area (Å²) in [6, 6.07) is 16.0. The molecular weight excluding hydrogens is 462 g/mol. The number of aliphatic carboxylic acids is 1. The lowest BCUT2D eigenvalue weighted by molar-refractivity contribution is -0.145. The number of hydrogen-bond donors (Lipinski definition) is 2.